The molecule has 0 fully saturated rings. The molecule has 0 heterocycles. The van der Waals surface area contributed by atoms with Gasteiger partial charge in [-0.05, 0) is 19.0 Å². The third kappa shape index (κ3) is 3.01. The van der Waals surface area contributed by atoms with Gasteiger partial charge in [0, 0.05) is 17.7 Å². The summed E-state index contributed by atoms with van der Waals surface area (Å²) in [6.07, 6.45) is 0.686. The van der Waals surface area contributed by atoms with Crippen LogP contribution in [0.4, 0.5) is 0 Å². The molecule has 0 radical (unpaired) electrons. The van der Waals surface area contributed by atoms with E-state index >= 15 is 0 Å². The summed E-state index contributed by atoms with van der Waals surface area (Å²) in [4.78, 5) is 0. The smallest absolute Gasteiger partial charge is 0.164 e. The van der Waals surface area contributed by atoms with Crippen molar-refractivity contribution in [2.75, 3.05) is 27.9 Å². The third-order valence-electron chi connectivity index (χ3n) is 2.61. The molecule has 1 aromatic carbocycles. The summed E-state index contributed by atoms with van der Waals surface area (Å²) in [6.45, 7) is 0.526. The van der Waals surface area contributed by atoms with Gasteiger partial charge in [-0.1, -0.05) is 0 Å². The van der Waals surface area contributed by atoms with Crippen molar-refractivity contribution in [1.82, 2.24) is 0 Å². The van der Waals surface area contributed by atoms with E-state index in [0.29, 0.717) is 30.2 Å². The Bertz CT molecular complexity index is 369. The molecule has 0 saturated heterocycles. The number of hydrogen-bond acceptors (Lipinski definition) is 5. The van der Waals surface area contributed by atoms with Gasteiger partial charge >= 0.3 is 0 Å². The number of hydrogen-bond donors (Lipinski definition) is 2. The van der Waals surface area contributed by atoms with E-state index in [0.717, 1.165) is 5.56 Å². The van der Waals surface area contributed by atoms with Crippen LogP contribution in [0.25, 0.3) is 0 Å². The lowest BCUT2D eigenvalue weighted by Crippen LogP contribution is -2.16. The first kappa shape index (κ1) is 13.6. The number of benzene rings is 1. The van der Waals surface area contributed by atoms with Crippen molar-refractivity contribution >= 4 is 0 Å². The average Bonchev–Trinajstić information content (AvgIpc) is 2.37. The van der Waals surface area contributed by atoms with Crippen LogP contribution in [0, 0.1) is 0 Å². The molecule has 0 unspecified atom stereocenters. The normalized spacial score (nSPS) is 12.1. The Morgan fingerprint density at radius 2 is 1.53 bits per heavy atom. The highest BCUT2D eigenvalue weighted by molar-refractivity contribution is 5.51. The van der Waals surface area contributed by atoms with Crippen molar-refractivity contribution in [3.63, 3.8) is 0 Å². The van der Waals surface area contributed by atoms with Gasteiger partial charge in [0.1, 0.15) is 5.75 Å². The van der Waals surface area contributed by atoms with Crippen molar-refractivity contribution in [2.24, 2.45) is 11.5 Å². The lowest BCUT2D eigenvalue weighted by Gasteiger charge is -2.18. The molecule has 5 heteroatoms. The zero-order chi connectivity index (χ0) is 12.8. The van der Waals surface area contributed by atoms with Crippen LogP contribution >= 0.6 is 0 Å². The number of rotatable bonds is 6. The highest BCUT2D eigenvalue weighted by Crippen LogP contribution is 2.37. The Morgan fingerprint density at radius 1 is 1.00 bits per heavy atom. The Hall–Kier alpha value is -1.46. The van der Waals surface area contributed by atoms with Crippen molar-refractivity contribution < 1.29 is 14.2 Å². The fourth-order valence-electron chi connectivity index (χ4n) is 1.68. The second kappa shape index (κ2) is 6.32. The fourth-order valence-corrected chi connectivity index (χ4v) is 1.68. The minimum Gasteiger partial charge on any atom is -0.496 e. The number of nitrogens with two attached hydrogens (primary N) is 2. The van der Waals surface area contributed by atoms with Gasteiger partial charge in [-0.2, -0.15) is 0 Å². The molecule has 0 aliphatic heterocycles. The van der Waals surface area contributed by atoms with Crippen LogP contribution in [0.15, 0.2) is 12.1 Å². The van der Waals surface area contributed by atoms with Crippen LogP contribution in [0.3, 0.4) is 0 Å². The third-order valence-corrected chi connectivity index (χ3v) is 2.61. The Labute approximate surface area is 102 Å². The molecule has 0 aliphatic rings. The second-order valence-corrected chi connectivity index (χ2v) is 3.63. The largest absolute Gasteiger partial charge is 0.496 e. The average molecular weight is 240 g/mol. The molecule has 1 aromatic rings. The minimum absolute atomic E-state index is 0.172. The lowest BCUT2D eigenvalue weighted by molar-refractivity contribution is 0.346. The lowest BCUT2D eigenvalue weighted by atomic mass is 10.0. The Morgan fingerprint density at radius 3 is 2.00 bits per heavy atom. The van der Waals surface area contributed by atoms with E-state index in [9.17, 15) is 0 Å². The maximum Gasteiger partial charge on any atom is 0.164 e. The highest BCUT2D eigenvalue weighted by atomic mass is 16.5. The SMILES string of the molecule is COc1cc(OC)c([C@@H](N)CCN)cc1OC. The zero-order valence-electron chi connectivity index (χ0n) is 10.5. The molecule has 0 amide bonds. The van der Waals surface area contributed by atoms with E-state index in [4.69, 9.17) is 25.7 Å². The van der Waals surface area contributed by atoms with E-state index in [-0.39, 0.29) is 6.04 Å². The predicted octanol–water partition coefficient (Wildman–Crippen LogP) is 1.06. The quantitative estimate of drug-likeness (QED) is 0.777. The summed E-state index contributed by atoms with van der Waals surface area (Å²) in [6, 6.07) is 3.43. The van der Waals surface area contributed by atoms with Gasteiger partial charge < -0.3 is 25.7 Å². The first-order chi connectivity index (χ1) is 8.17. The molecule has 4 N–H and O–H groups in total. The van der Waals surface area contributed by atoms with Gasteiger partial charge in [0.2, 0.25) is 0 Å². The summed E-state index contributed by atoms with van der Waals surface area (Å²) < 4.78 is 15.7. The van der Waals surface area contributed by atoms with Crippen LogP contribution in [-0.4, -0.2) is 27.9 Å². The van der Waals surface area contributed by atoms with Crippen molar-refractivity contribution in [3.05, 3.63) is 17.7 Å². The van der Waals surface area contributed by atoms with Crippen LogP contribution in [0.5, 0.6) is 17.2 Å². The number of methoxy groups -OCH3 is 3. The predicted molar refractivity (Wildman–Crippen MR) is 66.7 cm³/mol. The van der Waals surface area contributed by atoms with Crippen LogP contribution in [0.2, 0.25) is 0 Å². The standard InChI is InChI=1S/C12H20N2O3/c1-15-10-7-12(17-3)11(16-2)6-8(10)9(14)4-5-13/h6-7,9H,4-5,13-14H2,1-3H3/t9-/m0/s1. The molecule has 0 bridgehead atoms. The monoisotopic (exact) mass is 240 g/mol. The number of ether oxygens (including phenoxy) is 3. The summed E-state index contributed by atoms with van der Waals surface area (Å²) in [5, 5.41) is 0. The molecule has 0 aliphatic carbocycles. The summed E-state index contributed by atoms with van der Waals surface area (Å²) in [5.74, 6) is 1.94. The fraction of sp³-hybridized carbons (Fsp3) is 0.500. The van der Waals surface area contributed by atoms with Gasteiger partial charge in [-0.25, -0.2) is 0 Å². The molecule has 1 atom stereocenters. The van der Waals surface area contributed by atoms with Gasteiger partial charge in [0.25, 0.3) is 0 Å². The van der Waals surface area contributed by atoms with E-state index < -0.39 is 0 Å². The second-order valence-electron chi connectivity index (χ2n) is 3.63. The highest BCUT2D eigenvalue weighted by Gasteiger charge is 2.16. The molecule has 0 saturated carbocycles. The van der Waals surface area contributed by atoms with Gasteiger partial charge in [0.15, 0.2) is 11.5 Å². The molecule has 1 rings (SSSR count). The molecule has 5 nitrogen and oxygen atoms in total. The summed E-state index contributed by atoms with van der Waals surface area (Å²) in [5.41, 5.74) is 12.4. The molecule has 0 spiro atoms. The van der Waals surface area contributed by atoms with Gasteiger partial charge in [0.05, 0.1) is 21.3 Å². The molecule has 17 heavy (non-hydrogen) atoms. The maximum atomic E-state index is 6.04. The minimum atomic E-state index is -0.172. The molecule has 96 valence electrons. The molecule has 0 aromatic heterocycles. The summed E-state index contributed by atoms with van der Waals surface area (Å²) in [7, 11) is 4.76. The topological polar surface area (TPSA) is 79.7 Å². The van der Waals surface area contributed by atoms with Crippen molar-refractivity contribution in [1.29, 1.82) is 0 Å². The van der Waals surface area contributed by atoms with Gasteiger partial charge in [-0.3, -0.25) is 0 Å². The van der Waals surface area contributed by atoms with Crippen LogP contribution < -0.4 is 25.7 Å². The van der Waals surface area contributed by atoms with E-state index in [2.05, 4.69) is 0 Å². The maximum absolute atomic E-state index is 6.04. The molecular formula is C12H20N2O3. The first-order valence-electron chi connectivity index (χ1n) is 5.43. The van der Waals surface area contributed by atoms with E-state index in [1.54, 1.807) is 27.4 Å². The van der Waals surface area contributed by atoms with Gasteiger partial charge in [-0.15, -0.1) is 0 Å². The first-order valence-corrected chi connectivity index (χ1v) is 5.43. The Balaban J connectivity index is 3.18. The van der Waals surface area contributed by atoms with Crippen molar-refractivity contribution in [3.8, 4) is 17.2 Å². The van der Waals surface area contributed by atoms with E-state index in [1.807, 2.05) is 6.07 Å². The Kier molecular flexibility index (Phi) is 5.06. The van der Waals surface area contributed by atoms with Crippen LogP contribution in [0.1, 0.15) is 18.0 Å². The zero-order valence-corrected chi connectivity index (χ0v) is 10.5. The summed E-state index contributed by atoms with van der Waals surface area (Å²) >= 11 is 0. The van der Waals surface area contributed by atoms with E-state index in [1.165, 1.54) is 0 Å². The van der Waals surface area contributed by atoms with Crippen molar-refractivity contribution in [2.45, 2.75) is 12.5 Å². The van der Waals surface area contributed by atoms with Crippen LogP contribution in [-0.2, 0) is 0 Å². The molecular weight excluding hydrogens is 220 g/mol.